The summed E-state index contributed by atoms with van der Waals surface area (Å²) < 4.78 is 4.81. The highest BCUT2D eigenvalue weighted by atomic mass is 35.5. The second-order valence-corrected chi connectivity index (χ2v) is 3.70. The van der Waals surface area contributed by atoms with E-state index in [4.69, 9.17) is 16.3 Å². The number of esters is 1. The molecule has 0 radical (unpaired) electrons. The van der Waals surface area contributed by atoms with Crippen molar-refractivity contribution in [2.75, 3.05) is 6.61 Å². The molecule has 0 amide bonds. The van der Waals surface area contributed by atoms with Crippen LogP contribution in [0.1, 0.15) is 33.6 Å². The van der Waals surface area contributed by atoms with E-state index in [0.717, 1.165) is 0 Å². The molecule has 0 aliphatic heterocycles. The van der Waals surface area contributed by atoms with E-state index in [1.807, 2.05) is 0 Å². The van der Waals surface area contributed by atoms with Crippen molar-refractivity contribution >= 4 is 23.4 Å². The fraction of sp³-hybridized carbons (Fsp3) is 0.800. The van der Waals surface area contributed by atoms with Crippen molar-refractivity contribution in [1.82, 2.24) is 0 Å². The molecule has 0 fully saturated rings. The second-order valence-electron chi connectivity index (χ2n) is 3.18. The van der Waals surface area contributed by atoms with E-state index >= 15 is 0 Å². The maximum atomic E-state index is 11.2. The molecule has 82 valence electrons. The molecule has 0 bridgehead atoms. The summed E-state index contributed by atoms with van der Waals surface area (Å²) in [5, 5.41) is -0.570. The molecule has 0 aromatic heterocycles. The molecule has 0 saturated heterocycles. The number of alkyl halides is 1. The van der Waals surface area contributed by atoms with Crippen LogP contribution < -0.4 is 0 Å². The van der Waals surface area contributed by atoms with Crippen LogP contribution in [0, 0.1) is 5.92 Å². The lowest BCUT2D eigenvalue weighted by Gasteiger charge is -2.12. The molecule has 0 saturated carbocycles. The number of hydrogen-bond acceptors (Lipinski definition) is 3. The fourth-order valence-electron chi connectivity index (χ4n) is 1.04. The summed E-state index contributed by atoms with van der Waals surface area (Å²) in [5.74, 6) is -0.627. The van der Waals surface area contributed by atoms with Gasteiger partial charge in [-0.15, -0.1) is 11.6 Å². The topological polar surface area (TPSA) is 43.4 Å². The van der Waals surface area contributed by atoms with E-state index in [-0.39, 0.29) is 17.7 Å². The highest BCUT2D eigenvalue weighted by Gasteiger charge is 2.22. The van der Waals surface area contributed by atoms with Crippen LogP contribution in [0.2, 0.25) is 0 Å². The Balaban J connectivity index is 3.98. The summed E-state index contributed by atoms with van der Waals surface area (Å²) in [6.45, 7) is 5.58. The van der Waals surface area contributed by atoms with E-state index in [2.05, 4.69) is 0 Å². The van der Waals surface area contributed by atoms with Crippen molar-refractivity contribution in [3.63, 3.8) is 0 Å². The van der Waals surface area contributed by atoms with Crippen LogP contribution in [-0.2, 0) is 14.3 Å². The van der Waals surface area contributed by atoms with Gasteiger partial charge in [0.2, 0.25) is 0 Å². The number of ketones is 1. The van der Waals surface area contributed by atoms with E-state index < -0.39 is 5.38 Å². The Morgan fingerprint density at radius 3 is 2.36 bits per heavy atom. The summed E-state index contributed by atoms with van der Waals surface area (Å²) in [4.78, 5) is 22.3. The predicted octanol–water partition coefficient (Wildman–Crippen LogP) is 2.16. The number of rotatable bonds is 6. The molecule has 3 nitrogen and oxygen atoms in total. The third kappa shape index (κ3) is 4.61. The Labute approximate surface area is 89.8 Å². The van der Waals surface area contributed by atoms with Crippen molar-refractivity contribution < 1.29 is 14.3 Å². The van der Waals surface area contributed by atoms with Crippen molar-refractivity contribution in [2.24, 2.45) is 5.92 Å². The number of hydrogen-bond donors (Lipinski definition) is 0. The first-order chi connectivity index (χ1) is 6.52. The minimum Gasteiger partial charge on any atom is -0.466 e. The largest absolute Gasteiger partial charge is 0.466 e. The third-order valence-corrected chi connectivity index (χ3v) is 2.37. The van der Waals surface area contributed by atoms with Crippen molar-refractivity contribution in [2.45, 2.75) is 39.0 Å². The van der Waals surface area contributed by atoms with Gasteiger partial charge in [-0.05, 0) is 13.3 Å². The number of ether oxygens (including phenoxy) is 1. The molecule has 0 spiro atoms. The molecule has 0 aromatic carbocycles. The van der Waals surface area contributed by atoms with Gasteiger partial charge >= 0.3 is 5.97 Å². The van der Waals surface area contributed by atoms with E-state index in [1.165, 1.54) is 0 Å². The molecule has 0 rings (SSSR count). The lowest BCUT2D eigenvalue weighted by molar-refractivity contribution is -0.147. The van der Waals surface area contributed by atoms with E-state index in [0.29, 0.717) is 19.4 Å². The zero-order chi connectivity index (χ0) is 11.1. The Morgan fingerprint density at radius 2 is 1.93 bits per heavy atom. The Bertz CT molecular complexity index is 204. The van der Waals surface area contributed by atoms with Gasteiger partial charge in [-0.3, -0.25) is 9.59 Å². The number of Topliss-reactive ketones (excluding diaryl/α,β-unsaturated/α-hetero) is 1. The second kappa shape index (κ2) is 6.82. The molecule has 14 heavy (non-hydrogen) atoms. The Hall–Kier alpha value is -0.570. The van der Waals surface area contributed by atoms with Gasteiger partial charge < -0.3 is 4.74 Å². The SMILES string of the molecule is CCOC(=O)C(C)CC(Cl)C(=O)CC. The number of halogens is 1. The van der Waals surface area contributed by atoms with Gasteiger partial charge in [0.25, 0.3) is 0 Å². The van der Waals surface area contributed by atoms with Crippen molar-refractivity contribution in [3.8, 4) is 0 Å². The lowest BCUT2D eigenvalue weighted by Crippen LogP contribution is -2.22. The Kier molecular flexibility index (Phi) is 6.54. The number of carbonyl (C=O) groups is 2. The van der Waals surface area contributed by atoms with Crippen molar-refractivity contribution in [3.05, 3.63) is 0 Å². The van der Waals surface area contributed by atoms with Crippen LogP contribution in [0.25, 0.3) is 0 Å². The highest BCUT2D eigenvalue weighted by Crippen LogP contribution is 2.14. The van der Waals surface area contributed by atoms with E-state index in [1.54, 1.807) is 20.8 Å². The van der Waals surface area contributed by atoms with Gasteiger partial charge in [-0.2, -0.15) is 0 Å². The van der Waals surface area contributed by atoms with Crippen LogP contribution in [-0.4, -0.2) is 23.7 Å². The van der Waals surface area contributed by atoms with Gasteiger partial charge in [0.05, 0.1) is 17.9 Å². The predicted molar refractivity (Wildman–Crippen MR) is 55.4 cm³/mol. The molecule has 2 unspecified atom stereocenters. The minimum atomic E-state index is -0.570. The molecule has 0 N–H and O–H groups in total. The summed E-state index contributed by atoms with van der Waals surface area (Å²) >= 11 is 5.81. The monoisotopic (exact) mass is 220 g/mol. The third-order valence-electron chi connectivity index (χ3n) is 1.95. The summed E-state index contributed by atoms with van der Waals surface area (Å²) in [6, 6.07) is 0. The smallest absolute Gasteiger partial charge is 0.308 e. The molecule has 4 heteroatoms. The molecule has 0 aliphatic carbocycles. The van der Waals surface area contributed by atoms with Crippen molar-refractivity contribution in [1.29, 1.82) is 0 Å². The standard InChI is InChI=1S/C10H17ClO3/c1-4-9(12)8(11)6-7(3)10(13)14-5-2/h7-8H,4-6H2,1-3H3. The zero-order valence-corrected chi connectivity index (χ0v) is 9.63. The van der Waals surface area contributed by atoms with Crippen LogP contribution in [0.5, 0.6) is 0 Å². The van der Waals surface area contributed by atoms with Gasteiger partial charge in [0.1, 0.15) is 5.78 Å². The van der Waals surface area contributed by atoms with Crippen LogP contribution in [0.15, 0.2) is 0 Å². The molecule has 0 aliphatic rings. The number of carbonyl (C=O) groups excluding carboxylic acids is 2. The normalized spacial score (nSPS) is 14.6. The average molecular weight is 221 g/mol. The fourth-order valence-corrected chi connectivity index (χ4v) is 1.47. The molecular weight excluding hydrogens is 204 g/mol. The quantitative estimate of drug-likeness (QED) is 0.509. The molecule has 0 heterocycles. The highest BCUT2D eigenvalue weighted by molar-refractivity contribution is 6.31. The molecule has 0 aromatic rings. The van der Waals surface area contributed by atoms with Crippen LogP contribution in [0.4, 0.5) is 0 Å². The maximum absolute atomic E-state index is 11.2. The first-order valence-electron chi connectivity index (χ1n) is 4.86. The van der Waals surface area contributed by atoms with Gasteiger partial charge in [-0.1, -0.05) is 13.8 Å². The Morgan fingerprint density at radius 1 is 1.36 bits per heavy atom. The summed E-state index contributed by atoms with van der Waals surface area (Å²) in [5.41, 5.74) is 0. The summed E-state index contributed by atoms with van der Waals surface area (Å²) in [6.07, 6.45) is 0.761. The average Bonchev–Trinajstić information content (AvgIpc) is 2.16. The summed E-state index contributed by atoms with van der Waals surface area (Å²) in [7, 11) is 0. The first kappa shape index (κ1) is 13.4. The van der Waals surface area contributed by atoms with E-state index in [9.17, 15) is 9.59 Å². The maximum Gasteiger partial charge on any atom is 0.308 e. The first-order valence-corrected chi connectivity index (χ1v) is 5.29. The minimum absolute atomic E-state index is 0.0252. The molecule has 2 atom stereocenters. The van der Waals surface area contributed by atoms with Gasteiger partial charge in [-0.25, -0.2) is 0 Å². The zero-order valence-electron chi connectivity index (χ0n) is 8.88. The van der Waals surface area contributed by atoms with Crippen LogP contribution in [0.3, 0.4) is 0 Å². The van der Waals surface area contributed by atoms with Gasteiger partial charge in [0.15, 0.2) is 0 Å². The molecular formula is C10H17ClO3. The van der Waals surface area contributed by atoms with Gasteiger partial charge in [0, 0.05) is 6.42 Å². The van der Waals surface area contributed by atoms with Crippen LogP contribution >= 0.6 is 11.6 Å². The lowest BCUT2D eigenvalue weighted by atomic mass is 10.0.